The van der Waals surface area contributed by atoms with E-state index >= 15 is 0 Å². The van der Waals surface area contributed by atoms with E-state index in [9.17, 15) is 14.7 Å². The number of carbonyl (C=O) groups is 2. The first-order valence-electron chi connectivity index (χ1n) is 6.93. The van der Waals surface area contributed by atoms with Gasteiger partial charge in [-0.2, -0.15) is 0 Å². The van der Waals surface area contributed by atoms with Crippen molar-refractivity contribution in [2.24, 2.45) is 0 Å². The number of aliphatic hydroxyl groups is 1. The molecule has 0 fully saturated rings. The Hall–Kier alpha value is -2.09. The lowest BCUT2D eigenvalue weighted by atomic mass is 10.2. The number of ether oxygens (including phenoxy) is 1. The minimum atomic E-state index is -1.05. The molecule has 0 bridgehead atoms. The maximum atomic E-state index is 12.5. The Bertz CT molecular complexity index is 542. The highest BCUT2D eigenvalue weighted by Gasteiger charge is 2.38. The summed E-state index contributed by atoms with van der Waals surface area (Å²) < 4.78 is 6.35. The summed E-state index contributed by atoms with van der Waals surface area (Å²) in [6.07, 6.45) is 1.09. The molecule has 0 saturated heterocycles. The molecule has 1 aromatic rings. The van der Waals surface area contributed by atoms with Crippen molar-refractivity contribution in [1.82, 2.24) is 14.5 Å². The average molecular weight is 296 g/mol. The molecule has 1 amide bonds. The van der Waals surface area contributed by atoms with E-state index < -0.39 is 12.3 Å². The topological polar surface area (TPSA) is 87.9 Å². The molecule has 0 radical (unpaired) electrons. The third-order valence-electron chi connectivity index (χ3n) is 3.31. The number of esters is 1. The Morgan fingerprint density at radius 3 is 2.81 bits per heavy atom. The summed E-state index contributed by atoms with van der Waals surface area (Å²) in [5, 5.41) is 10.2. The first-order chi connectivity index (χ1) is 10.0. The summed E-state index contributed by atoms with van der Waals surface area (Å²) in [6.45, 7) is 4.27. The molecule has 1 aromatic heterocycles. The molecule has 2 rings (SSSR count). The monoisotopic (exact) mass is 296 g/mol. The minimum absolute atomic E-state index is 0.0776. The quantitative estimate of drug-likeness (QED) is 0.771. The minimum Gasteiger partial charge on any atom is -0.465 e. The lowest BCUT2D eigenvalue weighted by Gasteiger charge is -2.38. The number of aliphatic hydroxyl groups excluding tert-OH is 1. The van der Waals surface area contributed by atoms with Gasteiger partial charge in [0.15, 0.2) is 11.5 Å². The molecule has 1 unspecified atom stereocenters. The Morgan fingerprint density at radius 1 is 1.48 bits per heavy atom. The lowest BCUT2D eigenvalue weighted by Crippen LogP contribution is -2.54. The number of hydrogen-bond donors (Lipinski definition) is 1. The Labute approximate surface area is 122 Å². The van der Waals surface area contributed by atoms with Crippen molar-refractivity contribution in [3.8, 4) is 0 Å². The Balaban J connectivity index is 2.33. The largest absolute Gasteiger partial charge is 0.465 e. The highest BCUT2D eigenvalue weighted by molar-refractivity contribution is 5.99. The number of nitrogens with zero attached hydrogens (tertiary/aromatic N) is 4. The third-order valence-corrected chi connectivity index (χ3v) is 3.31. The number of imidazole rings is 1. The molecule has 0 spiro atoms. The smallest absolute Gasteiger partial charge is 0.326 e. The van der Waals surface area contributed by atoms with E-state index in [1.165, 1.54) is 20.7 Å². The molecular formula is C13H20N4O4. The molecular weight excluding hydrogens is 276 g/mol. The summed E-state index contributed by atoms with van der Waals surface area (Å²) in [6, 6.07) is 0. The standard InChI is InChI=1S/C13H20N4O4/c1-4-6-17-12(19)10-11(15(3)13(17)20)14-8-16(10)7-9(18)21-5-2/h8,13,20H,4-7H2,1-3H3. The van der Waals surface area contributed by atoms with Crippen LogP contribution in [0.15, 0.2) is 6.33 Å². The predicted octanol–water partition coefficient (Wildman–Crippen LogP) is 0.0241. The van der Waals surface area contributed by atoms with Gasteiger partial charge < -0.3 is 19.3 Å². The zero-order chi connectivity index (χ0) is 15.6. The van der Waals surface area contributed by atoms with E-state index in [4.69, 9.17) is 4.74 Å². The van der Waals surface area contributed by atoms with Crippen LogP contribution in [0, 0.1) is 0 Å². The first-order valence-corrected chi connectivity index (χ1v) is 6.93. The fourth-order valence-electron chi connectivity index (χ4n) is 2.33. The van der Waals surface area contributed by atoms with Crippen LogP contribution in [-0.2, 0) is 16.1 Å². The second kappa shape index (κ2) is 6.13. The molecule has 0 saturated carbocycles. The lowest BCUT2D eigenvalue weighted by molar-refractivity contribution is -0.143. The number of amides is 1. The van der Waals surface area contributed by atoms with E-state index in [0.717, 1.165) is 6.42 Å². The number of rotatable bonds is 5. The fraction of sp³-hybridized carbons (Fsp3) is 0.615. The van der Waals surface area contributed by atoms with Gasteiger partial charge >= 0.3 is 5.97 Å². The Kier molecular flexibility index (Phi) is 4.46. The molecule has 1 N–H and O–H groups in total. The van der Waals surface area contributed by atoms with Crippen molar-refractivity contribution in [1.29, 1.82) is 0 Å². The van der Waals surface area contributed by atoms with Crippen LogP contribution < -0.4 is 4.90 Å². The fourth-order valence-corrected chi connectivity index (χ4v) is 2.33. The Morgan fingerprint density at radius 2 is 2.19 bits per heavy atom. The number of hydrogen-bond acceptors (Lipinski definition) is 6. The maximum absolute atomic E-state index is 12.5. The van der Waals surface area contributed by atoms with Crippen molar-refractivity contribution in [2.75, 3.05) is 25.1 Å². The van der Waals surface area contributed by atoms with Gasteiger partial charge in [0.25, 0.3) is 5.91 Å². The van der Waals surface area contributed by atoms with Gasteiger partial charge in [0.2, 0.25) is 6.35 Å². The van der Waals surface area contributed by atoms with Crippen molar-refractivity contribution in [2.45, 2.75) is 33.2 Å². The van der Waals surface area contributed by atoms with Crippen LogP contribution in [0.4, 0.5) is 5.82 Å². The number of anilines is 1. The molecule has 1 atom stereocenters. The van der Waals surface area contributed by atoms with Crippen LogP contribution in [0.3, 0.4) is 0 Å². The molecule has 0 aromatic carbocycles. The van der Waals surface area contributed by atoms with Gasteiger partial charge in [-0.3, -0.25) is 14.5 Å². The summed E-state index contributed by atoms with van der Waals surface area (Å²) in [5.41, 5.74) is 0.296. The molecule has 8 heteroatoms. The van der Waals surface area contributed by atoms with Gasteiger partial charge in [-0.1, -0.05) is 6.92 Å². The first kappa shape index (κ1) is 15.3. The van der Waals surface area contributed by atoms with Gasteiger partial charge in [0.05, 0.1) is 12.9 Å². The van der Waals surface area contributed by atoms with E-state index in [0.29, 0.717) is 18.1 Å². The van der Waals surface area contributed by atoms with Crippen LogP contribution in [0.25, 0.3) is 0 Å². The van der Waals surface area contributed by atoms with Gasteiger partial charge in [-0.25, -0.2) is 4.98 Å². The zero-order valence-electron chi connectivity index (χ0n) is 12.4. The van der Waals surface area contributed by atoms with E-state index in [2.05, 4.69) is 4.98 Å². The van der Waals surface area contributed by atoms with Crippen molar-refractivity contribution < 1.29 is 19.4 Å². The second-order valence-electron chi connectivity index (χ2n) is 4.81. The van der Waals surface area contributed by atoms with E-state index in [-0.39, 0.29) is 19.1 Å². The molecule has 2 heterocycles. The second-order valence-corrected chi connectivity index (χ2v) is 4.81. The number of carbonyl (C=O) groups excluding carboxylic acids is 2. The SMILES string of the molecule is CCCN1C(=O)c2c(ncn2CC(=O)OCC)N(C)C1O. The van der Waals surface area contributed by atoms with E-state index in [1.54, 1.807) is 14.0 Å². The normalized spacial score (nSPS) is 17.9. The van der Waals surface area contributed by atoms with Gasteiger partial charge in [-0.05, 0) is 13.3 Å². The number of fused-ring (bicyclic) bond motifs is 1. The van der Waals surface area contributed by atoms with Crippen LogP contribution in [-0.4, -0.2) is 58.0 Å². The van der Waals surface area contributed by atoms with Crippen molar-refractivity contribution in [3.05, 3.63) is 12.0 Å². The summed E-state index contributed by atoms with van der Waals surface area (Å²) in [4.78, 5) is 31.1. The molecule has 0 aliphatic carbocycles. The predicted molar refractivity (Wildman–Crippen MR) is 74.6 cm³/mol. The summed E-state index contributed by atoms with van der Waals surface area (Å²) in [7, 11) is 1.65. The van der Waals surface area contributed by atoms with Crippen LogP contribution in [0.2, 0.25) is 0 Å². The zero-order valence-corrected chi connectivity index (χ0v) is 12.4. The maximum Gasteiger partial charge on any atom is 0.326 e. The average Bonchev–Trinajstić information content (AvgIpc) is 2.85. The summed E-state index contributed by atoms with van der Waals surface area (Å²) >= 11 is 0. The van der Waals surface area contributed by atoms with Crippen molar-refractivity contribution in [3.63, 3.8) is 0 Å². The molecule has 8 nitrogen and oxygen atoms in total. The number of aromatic nitrogens is 2. The molecule has 116 valence electrons. The highest BCUT2D eigenvalue weighted by atomic mass is 16.5. The molecule has 1 aliphatic heterocycles. The van der Waals surface area contributed by atoms with Gasteiger partial charge in [0, 0.05) is 13.6 Å². The molecule has 21 heavy (non-hydrogen) atoms. The van der Waals surface area contributed by atoms with Crippen LogP contribution in [0.5, 0.6) is 0 Å². The van der Waals surface area contributed by atoms with Gasteiger partial charge in [-0.15, -0.1) is 0 Å². The van der Waals surface area contributed by atoms with Gasteiger partial charge in [0.1, 0.15) is 6.54 Å². The highest BCUT2D eigenvalue weighted by Crippen LogP contribution is 2.27. The van der Waals surface area contributed by atoms with Crippen LogP contribution >= 0.6 is 0 Å². The van der Waals surface area contributed by atoms with Crippen molar-refractivity contribution >= 4 is 17.7 Å². The third kappa shape index (κ3) is 2.71. The van der Waals surface area contributed by atoms with Crippen LogP contribution in [0.1, 0.15) is 30.8 Å². The van der Waals surface area contributed by atoms with E-state index in [1.807, 2.05) is 6.92 Å². The summed E-state index contributed by atoms with van der Waals surface area (Å²) in [5.74, 6) is -0.398. The molecule has 1 aliphatic rings.